The normalized spacial score (nSPS) is 10.1. The van der Waals surface area contributed by atoms with Crippen LogP contribution in [0.2, 0.25) is 0 Å². The molecule has 0 saturated carbocycles. The molecule has 0 amide bonds. The third-order valence-electron chi connectivity index (χ3n) is 3.61. The van der Waals surface area contributed by atoms with Crippen LogP contribution in [0.4, 0.5) is 0 Å². The predicted octanol–water partition coefficient (Wildman–Crippen LogP) is 4.85. The van der Waals surface area contributed by atoms with Gasteiger partial charge in [0.15, 0.2) is 0 Å². The number of carboxylic acid groups (broad SMARTS) is 1. The summed E-state index contributed by atoms with van der Waals surface area (Å²) in [5.41, 5.74) is 1.23. The maximum atomic E-state index is 10.8. The van der Waals surface area contributed by atoms with Crippen LogP contribution in [0.3, 0.4) is 0 Å². The maximum absolute atomic E-state index is 10.8. The first-order valence-electron chi connectivity index (χ1n) is 7.92. The molecular formula is C17H27NO2Zn. The van der Waals surface area contributed by atoms with Gasteiger partial charge in [-0.3, -0.25) is 0 Å². The number of pyridine rings is 1. The van der Waals surface area contributed by atoms with E-state index in [1.54, 1.807) is 12.3 Å². The zero-order valence-electron chi connectivity index (χ0n) is 13.3. The van der Waals surface area contributed by atoms with Gasteiger partial charge in [0.25, 0.3) is 0 Å². The Morgan fingerprint density at radius 1 is 1.05 bits per heavy atom. The van der Waals surface area contributed by atoms with Crippen LogP contribution in [-0.4, -0.2) is 16.1 Å². The van der Waals surface area contributed by atoms with E-state index in [9.17, 15) is 4.79 Å². The van der Waals surface area contributed by atoms with Crippen molar-refractivity contribution in [2.45, 2.75) is 71.1 Å². The van der Waals surface area contributed by atoms with E-state index in [-0.39, 0.29) is 25.2 Å². The molecule has 0 aromatic carbocycles. The Labute approximate surface area is 141 Å². The van der Waals surface area contributed by atoms with Crippen molar-refractivity contribution >= 4 is 5.97 Å². The Morgan fingerprint density at radius 3 is 2.19 bits per heavy atom. The van der Waals surface area contributed by atoms with E-state index < -0.39 is 5.97 Å². The van der Waals surface area contributed by atoms with Crippen LogP contribution in [0.5, 0.6) is 0 Å². The number of nitrogens with zero attached hydrogens (tertiary/aromatic N) is 1. The zero-order valence-corrected chi connectivity index (χ0v) is 16.3. The Bertz CT molecular complexity index is 396. The third kappa shape index (κ3) is 9.74. The second-order valence-corrected chi connectivity index (χ2v) is 5.43. The summed E-state index contributed by atoms with van der Waals surface area (Å²) in [5.74, 6) is -0.945. The fourth-order valence-electron chi connectivity index (χ4n) is 2.39. The molecule has 0 spiro atoms. The number of carbonyl (C=O) groups is 1. The van der Waals surface area contributed by atoms with Crippen LogP contribution in [0.25, 0.3) is 0 Å². The van der Waals surface area contributed by atoms with Gasteiger partial charge >= 0.3 is 5.97 Å². The predicted molar refractivity (Wildman–Crippen MR) is 82.1 cm³/mol. The number of hydrogen-bond donors (Lipinski definition) is 1. The number of unbranched alkanes of at least 4 members (excludes halogenated alkanes) is 8. The van der Waals surface area contributed by atoms with Crippen molar-refractivity contribution in [1.82, 2.24) is 4.98 Å². The van der Waals surface area contributed by atoms with E-state index in [2.05, 4.69) is 11.9 Å². The van der Waals surface area contributed by atoms with Gasteiger partial charge in [0, 0.05) is 25.7 Å². The molecule has 21 heavy (non-hydrogen) atoms. The second kappa shape index (κ2) is 12.9. The molecule has 0 aliphatic rings. The molecule has 1 N–H and O–H groups in total. The van der Waals surface area contributed by atoms with E-state index >= 15 is 0 Å². The Hall–Kier alpha value is -0.757. The van der Waals surface area contributed by atoms with Crippen LogP contribution < -0.4 is 0 Å². The van der Waals surface area contributed by atoms with Crippen molar-refractivity contribution in [1.29, 1.82) is 0 Å². The zero-order chi connectivity index (χ0) is 14.6. The van der Waals surface area contributed by atoms with Gasteiger partial charge in [-0.2, -0.15) is 0 Å². The summed E-state index contributed by atoms with van der Waals surface area (Å²) in [4.78, 5) is 14.6. The monoisotopic (exact) mass is 341 g/mol. The van der Waals surface area contributed by atoms with Crippen molar-refractivity contribution in [2.75, 3.05) is 0 Å². The van der Waals surface area contributed by atoms with Gasteiger partial charge < -0.3 is 5.11 Å². The molecule has 1 rings (SSSR count). The van der Waals surface area contributed by atoms with E-state index in [0.29, 0.717) is 0 Å². The molecule has 114 valence electrons. The molecule has 3 nitrogen and oxygen atoms in total. The Morgan fingerprint density at radius 2 is 1.62 bits per heavy atom. The van der Waals surface area contributed by atoms with E-state index in [0.717, 1.165) is 18.4 Å². The van der Waals surface area contributed by atoms with Crippen molar-refractivity contribution in [2.24, 2.45) is 0 Å². The first kappa shape index (κ1) is 20.2. The van der Waals surface area contributed by atoms with Crippen molar-refractivity contribution in [3.8, 4) is 0 Å². The largest absolute Gasteiger partial charge is 0.477 e. The number of rotatable bonds is 11. The van der Waals surface area contributed by atoms with Gasteiger partial charge in [0.1, 0.15) is 5.69 Å². The average molecular weight is 343 g/mol. The fraction of sp³-hybridized carbons (Fsp3) is 0.647. The van der Waals surface area contributed by atoms with Gasteiger partial charge in [-0.1, -0.05) is 58.3 Å². The average Bonchev–Trinajstić information content (AvgIpc) is 2.46. The van der Waals surface area contributed by atoms with Crippen LogP contribution >= 0.6 is 0 Å². The van der Waals surface area contributed by atoms with E-state index in [4.69, 9.17) is 5.11 Å². The molecule has 0 atom stereocenters. The van der Waals surface area contributed by atoms with E-state index in [1.807, 2.05) is 6.07 Å². The first-order valence-corrected chi connectivity index (χ1v) is 7.92. The van der Waals surface area contributed by atoms with Gasteiger partial charge in [0.05, 0.1) is 0 Å². The minimum Gasteiger partial charge on any atom is -0.477 e. The topological polar surface area (TPSA) is 50.2 Å². The summed E-state index contributed by atoms with van der Waals surface area (Å²) in [7, 11) is 0. The van der Waals surface area contributed by atoms with Crippen molar-refractivity contribution in [3.05, 3.63) is 29.6 Å². The molecule has 0 bridgehead atoms. The summed E-state index contributed by atoms with van der Waals surface area (Å²) < 4.78 is 0. The molecule has 0 aliphatic carbocycles. The van der Waals surface area contributed by atoms with Gasteiger partial charge in [-0.25, -0.2) is 9.78 Å². The molecule has 1 heterocycles. The van der Waals surface area contributed by atoms with Gasteiger partial charge in [0.2, 0.25) is 0 Å². The van der Waals surface area contributed by atoms with Crippen LogP contribution in [0.15, 0.2) is 18.3 Å². The molecule has 0 saturated heterocycles. The molecule has 0 radical (unpaired) electrons. The molecule has 0 aliphatic heterocycles. The minimum atomic E-state index is -0.945. The van der Waals surface area contributed by atoms with Crippen LogP contribution in [0, 0.1) is 0 Å². The summed E-state index contributed by atoms with van der Waals surface area (Å²) in [6.45, 7) is 2.24. The third-order valence-corrected chi connectivity index (χ3v) is 3.61. The molecule has 0 fully saturated rings. The van der Waals surface area contributed by atoms with Gasteiger partial charge in [-0.05, 0) is 30.5 Å². The van der Waals surface area contributed by atoms with Crippen LogP contribution in [-0.2, 0) is 25.9 Å². The molecule has 4 heteroatoms. The quantitative estimate of drug-likeness (QED) is 0.462. The van der Waals surface area contributed by atoms with Gasteiger partial charge in [-0.15, -0.1) is 0 Å². The minimum absolute atomic E-state index is 0. The Kier molecular flexibility index (Phi) is 12.5. The summed E-state index contributed by atoms with van der Waals surface area (Å²) in [6, 6.07) is 3.60. The summed E-state index contributed by atoms with van der Waals surface area (Å²) >= 11 is 0. The number of carboxylic acids is 1. The molecule has 0 unspecified atom stereocenters. The fourth-order valence-corrected chi connectivity index (χ4v) is 2.39. The molecule has 1 aromatic rings. The maximum Gasteiger partial charge on any atom is 0.354 e. The number of hydrogen-bond acceptors (Lipinski definition) is 2. The standard InChI is InChI=1S/C17H27NO2.Zn/c1-2-3-4-5-6-7-8-9-10-11-15-12-13-18-16(14-15)17(19)20;/h12-14H,2-11H2,1H3,(H,19,20);. The number of aromatic nitrogens is 1. The van der Waals surface area contributed by atoms with Crippen molar-refractivity contribution in [3.63, 3.8) is 0 Å². The van der Waals surface area contributed by atoms with Crippen LogP contribution in [0.1, 0.15) is 80.8 Å². The second-order valence-electron chi connectivity index (χ2n) is 5.43. The van der Waals surface area contributed by atoms with E-state index in [1.165, 1.54) is 51.4 Å². The summed E-state index contributed by atoms with van der Waals surface area (Å²) in [5, 5.41) is 8.88. The summed E-state index contributed by atoms with van der Waals surface area (Å²) in [6.07, 6.45) is 14.3. The molecular weight excluding hydrogens is 316 g/mol. The molecule has 1 aromatic heterocycles. The first-order chi connectivity index (χ1) is 9.74. The number of aromatic carboxylic acids is 1. The smallest absolute Gasteiger partial charge is 0.354 e. The Balaban J connectivity index is 0.00000400. The number of aryl methyl sites for hydroxylation is 1. The van der Waals surface area contributed by atoms with Crippen molar-refractivity contribution < 1.29 is 29.4 Å². The SMILES string of the molecule is CCCCCCCCCCCc1ccnc(C(=O)O)c1.[Zn].